The summed E-state index contributed by atoms with van der Waals surface area (Å²) in [6.07, 6.45) is 7.89. The van der Waals surface area contributed by atoms with Crippen molar-refractivity contribution in [3.8, 4) is 0 Å². The van der Waals surface area contributed by atoms with E-state index in [2.05, 4.69) is 34.7 Å². The largest absolute Gasteiger partial charge is 0.339 e. The summed E-state index contributed by atoms with van der Waals surface area (Å²) in [5.41, 5.74) is 0. The van der Waals surface area contributed by atoms with E-state index in [1.165, 1.54) is 25.7 Å². The van der Waals surface area contributed by atoms with Crippen LogP contribution in [0.1, 0.15) is 58.8 Å². The molecule has 0 aliphatic heterocycles. The summed E-state index contributed by atoms with van der Waals surface area (Å²) in [7, 11) is 0. The van der Waals surface area contributed by atoms with Gasteiger partial charge < -0.3 is 4.90 Å². The van der Waals surface area contributed by atoms with E-state index in [1.54, 1.807) is 0 Å². The Morgan fingerprint density at radius 3 is 2.47 bits per heavy atom. The molecular weight excluding hydrogens is 278 g/mol. The smallest absolute Gasteiger partial charge is 0.222 e. The lowest BCUT2D eigenvalue weighted by atomic mass is 10.1. The zero-order chi connectivity index (χ0) is 12.7. The third kappa shape index (κ3) is 5.41. The maximum Gasteiger partial charge on any atom is 0.222 e. The van der Waals surface area contributed by atoms with Gasteiger partial charge in [0.1, 0.15) is 0 Å². The Morgan fingerprint density at radius 1 is 1.29 bits per heavy atom. The first-order valence-electron chi connectivity index (χ1n) is 7.00. The summed E-state index contributed by atoms with van der Waals surface area (Å²) >= 11 is 3.42. The van der Waals surface area contributed by atoms with Crippen LogP contribution in [0, 0.1) is 5.92 Å². The number of hydrogen-bond acceptors (Lipinski definition) is 1. The van der Waals surface area contributed by atoms with Crippen LogP contribution in [-0.2, 0) is 4.79 Å². The Kier molecular flexibility index (Phi) is 7.17. The summed E-state index contributed by atoms with van der Waals surface area (Å²) in [6.45, 7) is 5.35. The van der Waals surface area contributed by atoms with Gasteiger partial charge in [0, 0.05) is 24.3 Å². The van der Waals surface area contributed by atoms with E-state index in [0.717, 1.165) is 31.1 Å². The molecule has 1 saturated carbocycles. The highest BCUT2D eigenvalue weighted by Crippen LogP contribution is 2.25. The molecule has 0 bridgehead atoms. The van der Waals surface area contributed by atoms with Crippen molar-refractivity contribution in [2.24, 2.45) is 5.92 Å². The van der Waals surface area contributed by atoms with Crippen LogP contribution in [0.3, 0.4) is 0 Å². The minimum absolute atomic E-state index is 0.381. The first-order valence-corrected chi connectivity index (χ1v) is 8.12. The van der Waals surface area contributed by atoms with Gasteiger partial charge in [-0.2, -0.15) is 0 Å². The van der Waals surface area contributed by atoms with Crippen LogP contribution in [0.5, 0.6) is 0 Å². The lowest BCUT2D eigenvalue weighted by molar-refractivity contribution is -0.134. The lowest BCUT2D eigenvalue weighted by Crippen LogP contribution is -2.41. The number of carbonyl (C=O) groups excluding carboxylic acids is 1. The Labute approximate surface area is 114 Å². The van der Waals surface area contributed by atoms with Crippen molar-refractivity contribution in [1.29, 1.82) is 0 Å². The highest BCUT2D eigenvalue weighted by Gasteiger charge is 2.26. The topological polar surface area (TPSA) is 20.3 Å². The molecule has 0 aromatic carbocycles. The molecule has 1 rings (SSSR count). The molecule has 0 heterocycles. The standard InChI is InChI=1S/C14H26BrNO/c1-12(2)11-16(13-7-3-4-8-13)14(17)9-5-6-10-15/h12-13H,3-11H2,1-2H3. The van der Waals surface area contributed by atoms with Gasteiger partial charge in [0.05, 0.1) is 0 Å². The fourth-order valence-electron chi connectivity index (χ4n) is 2.58. The van der Waals surface area contributed by atoms with Crippen molar-refractivity contribution < 1.29 is 4.79 Å². The molecule has 0 N–H and O–H groups in total. The zero-order valence-electron chi connectivity index (χ0n) is 11.3. The number of unbranched alkanes of at least 4 members (excludes halogenated alkanes) is 1. The van der Waals surface area contributed by atoms with Crippen molar-refractivity contribution >= 4 is 21.8 Å². The minimum Gasteiger partial charge on any atom is -0.339 e. The van der Waals surface area contributed by atoms with Crippen molar-refractivity contribution in [3.05, 3.63) is 0 Å². The Balaban J connectivity index is 2.45. The van der Waals surface area contributed by atoms with Gasteiger partial charge in [0.15, 0.2) is 0 Å². The maximum atomic E-state index is 12.3. The monoisotopic (exact) mass is 303 g/mol. The Hall–Kier alpha value is -0.0500. The third-order valence-corrected chi connectivity index (χ3v) is 3.98. The van der Waals surface area contributed by atoms with Gasteiger partial charge in [-0.15, -0.1) is 0 Å². The van der Waals surface area contributed by atoms with Crippen molar-refractivity contribution in [1.82, 2.24) is 4.90 Å². The van der Waals surface area contributed by atoms with Gasteiger partial charge in [0.25, 0.3) is 0 Å². The van der Waals surface area contributed by atoms with Crippen LogP contribution < -0.4 is 0 Å². The van der Waals surface area contributed by atoms with Crippen LogP contribution in [-0.4, -0.2) is 28.7 Å². The van der Waals surface area contributed by atoms with Gasteiger partial charge in [-0.1, -0.05) is 42.6 Å². The van der Waals surface area contributed by atoms with Crippen molar-refractivity contribution in [3.63, 3.8) is 0 Å². The molecule has 17 heavy (non-hydrogen) atoms. The zero-order valence-corrected chi connectivity index (χ0v) is 12.8. The van der Waals surface area contributed by atoms with Gasteiger partial charge >= 0.3 is 0 Å². The number of rotatable bonds is 7. The van der Waals surface area contributed by atoms with E-state index in [-0.39, 0.29) is 0 Å². The number of alkyl halides is 1. The summed E-state index contributed by atoms with van der Waals surface area (Å²) in [5.74, 6) is 0.960. The number of amides is 1. The molecule has 0 unspecified atom stereocenters. The van der Waals surface area contributed by atoms with E-state index in [9.17, 15) is 4.79 Å². The first kappa shape index (κ1) is 15.0. The van der Waals surface area contributed by atoms with Gasteiger partial charge in [-0.05, 0) is 31.6 Å². The molecule has 1 aliphatic carbocycles. The highest BCUT2D eigenvalue weighted by atomic mass is 79.9. The van der Waals surface area contributed by atoms with E-state index in [0.29, 0.717) is 17.9 Å². The van der Waals surface area contributed by atoms with E-state index in [1.807, 2.05) is 0 Å². The van der Waals surface area contributed by atoms with E-state index < -0.39 is 0 Å². The van der Waals surface area contributed by atoms with E-state index >= 15 is 0 Å². The fraction of sp³-hybridized carbons (Fsp3) is 0.929. The van der Waals surface area contributed by atoms with Crippen LogP contribution in [0.25, 0.3) is 0 Å². The van der Waals surface area contributed by atoms with E-state index in [4.69, 9.17) is 0 Å². The predicted octanol–water partition coefficient (Wildman–Crippen LogP) is 3.98. The summed E-state index contributed by atoms with van der Waals surface area (Å²) < 4.78 is 0. The van der Waals surface area contributed by atoms with Crippen LogP contribution in [0.4, 0.5) is 0 Å². The lowest BCUT2D eigenvalue weighted by Gasteiger charge is -2.30. The quantitative estimate of drug-likeness (QED) is 0.514. The van der Waals surface area contributed by atoms with Crippen molar-refractivity contribution in [2.45, 2.75) is 64.8 Å². The normalized spacial score (nSPS) is 16.7. The third-order valence-electron chi connectivity index (χ3n) is 3.42. The van der Waals surface area contributed by atoms with Crippen LogP contribution in [0.15, 0.2) is 0 Å². The molecule has 2 nitrogen and oxygen atoms in total. The molecule has 1 amide bonds. The summed E-state index contributed by atoms with van der Waals surface area (Å²) in [5, 5.41) is 1.01. The number of halogens is 1. The molecule has 0 spiro atoms. The summed E-state index contributed by atoms with van der Waals surface area (Å²) in [4.78, 5) is 14.4. The van der Waals surface area contributed by atoms with Crippen LogP contribution >= 0.6 is 15.9 Å². The molecule has 1 aliphatic rings. The Bertz CT molecular complexity index is 224. The molecule has 0 aromatic rings. The molecule has 3 heteroatoms. The number of carbonyl (C=O) groups is 1. The highest BCUT2D eigenvalue weighted by molar-refractivity contribution is 9.09. The SMILES string of the molecule is CC(C)CN(C(=O)CCCCBr)C1CCCC1. The average Bonchev–Trinajstić information content (AvgIpc) is 2.79. The first-order chi connectivity index (χ1) is 8.15. The number of nitrogens with zero attached hydrogens (tertiary/aromatic N) is 1. The Morgan fingerprint density at radius 2 is 1.94 bits per heavy atom. The fourth-order valence-corrected chi connectivity index (χ4v) is 2.97. The second kappa shape index (κ2) is 8.12. The second-order valence-electron chi connectivity index (χ2n) is 5.52. The molecule has 0 aromatic heterocycles. The summed E-state index contributed by atoms with van der Waals surface area (Å²) in [6, 6.07) is 0.536. The maximum absolute atomic E-state index is 12.3. The second-order valence-corrected chi connectivity index (χ2v) is 6.32. The van der Waals surface area contributed by atoms with Gasteiger partial charge in [-0.3, -0.25) is 4.79 Å². The molecule has 0 atom stereocenters. The molecule has 100 valence electrons. The van der Waals surface area contributed by atoms with Gasteiger partial charge in [-0.25, -0.2) is 0 Å². The van der Waals surface area contributed by atoms with Gasteiger partial charge in [0.2, 0.25) is 5.91 Å². The predicted molar refractivity (Wildman–Crippen MR) is 76.5 cm³/mol. The van der Waals surface area contributed by atoms with Crippen LogP contribution in [0.2, 0.25) is 0 Å². The molecular formula is C14H26BrNO. The molecule has 1 fully saturated rings. The molecule has 0 radical (unpaired) electrons. The van der Waals surface area contributed by atoms with Crippen molar-refractivity contribution in [2.75, 3.05) is 11.9 Å². The molecule has 0 saturated heterocycles. The minimum atomic E-state index is 0.381. The number of hydrogen-bond donors (Lipinski definition) is 0. The average molecular weight is 304 g/mol.